The second-order valence-electron chi connectivity index (χ2n) is 5.63. The fourth-order valence-electron chi connectivity index (χ4n) is 2.06. The Labute approximate surface area is 162 Å². The molecule has 3 N–H and O–H groups in total. The van der Waals surface area contributed by atoms with Crippen LogP contribution in [0.2, 0.25) is 5.02 Å². The number of anilines is 2. The van der Waals surface area contributed by atoms with Crippen LogP contribution in [0.25, 0.3) is 0 Å². The third kappa shape index (κ3) is 7.37. The number of esters is 1. The molecule has 0 saturated heterocycles. The summed E-state index contributed by atoms with van der Waals surface area (Å²) >= 11 is 5.78. The molecule has 3 amide bonds. The van der Waals surface area contributed by atoms with Gasteiger partial charge in [-0.25, -0.2) is 4.79 Å². The zero-order valence-corrected chi connectivity index (χ0v) is 15.5. The van der Waals surface area contributed by atoms with Crippen molar-refractivity contribution in [1.82, 2.24) is 5.32 Å². The van der Waals surface area contributed by atoms with Gasteiger partial charge in [0.25, 0.3) is 5.91 Å². The number of carbonyl (C=O) groups is 3. The number of benzene rings is 2. The van der Waals surface area contributed by atoms with Crippen molar-refractivity contribution >= 4 is 40.9 Å². The maximum Gasteiger partial charge on any atom is 0.319 e. The Hall–Kier alpha value is -3.06. The number of halogens is 1. The number of urea groups is 1. The summed E-state index contributed by atoms with van der Waals surface area (Å²) in [5, 5.41) is 8.35. The molecule has 0 fully saturated rings. The van der Waals surface area contributed by atoms with E-state index < -0.39 is 24.0 Å². The Kier molecular flexibility index (Phi) is 7.63. The van der Waals surface area contributed by atoms with Gasteiger partial charge < -0.3 is 20.7 Å². The van der Waals surface area contributed by atoms with E-state index in [1.165, 1.54) is 6.92 Å². The fourth-order valence-corrected chi connectivity index (χ4v) is 2.19. The maximum atomic E-state index is 12.0. The Bertz CT molecular complexity index is 781. The summed E-state index contributed by atoms with van der Waals surface area (Å²) in [6.45, 7) is 1.56. The number of rotatable bonds is 7. The number of carbonyl (C=O) groups excluding carboxylic acids is 3. The van der Waals surface area contributed by atoms with Gasteiger partial charge in [0.15, 0.2) is 6.10 Å². The Morgan fingerprint density at radius 3 is 2.26 bits per heavy atom. The van der Waals surface area contributed by atoms with Crippen LogP contribution < -0.4 is 16.0 Å². The first-order valence-electron chi connectivity index (χ1n) is 8.30. The number of hydrogen-bond acceptors (Lipinski definition) is 4. The topological polar surface area (TPSA) is 96.5 Å². The smallest absolute Gasteiger partial charge is 0.319 e. The molecule has 2 aromatic rings. The monoisotopic (exact) mass is 389 g/mol. The van der Waals surface area contributed by atoms with Crippen LogP contribution in [0.5, 0.6) is 0 Å². The van der Waals surface area contributed by atoms with Gasteiger partial charge in [0.2, 0.25) is 0 Å². The van der Waals surface area contributed by atoms with Crippen LogP contribution in [0.4, 0.5) is 16.2 Å². The van der Waals surface area contributed by atoms with Crippen LogP contribution in [-0.2, 0) is 14.3 Å². The molecular weight excluding hydrogens is 370 g/mol. The minimum absolute atomic E-state index is 0.0548. The third-order valence-electron chi connectivity index (χ3n) is 3.44. The Morgan fingerprint density at radius 1 is 0.963 bits per heavy atom. The molecule has 2 rings (SSSR count). The largest absolute Gasteiger partial charge is 0.452 e. The van der Waals surface area contributed by atoms with Gasteiger partial charge in [-0.2, -0.15) is 0 Å². The van der Waals surface area contributed by atoms with Crippen LogP contribution in [-0.4, -0.2) is 30.6 Å². The number of nitrogens with one attached hydrogen (secondary N) is 3. The van der Waals surface area contributed by atoms with E-state index in [9.17, 15) is 14.4 Å². The zero-order valence-electron chi connectivity index (χ0n) is 14.7. The molecule has 0 heterocycles. The molecule has 0 aliphatic heterocycles. The first-order chi connectivity index (χ1) is 12.9. The standard InChI is InChI=1S/C19H20ClN3O4/c1-13(18(25)22-16-9-7-14(20)8-10-16)27-17(24)11-12-21-19(26)23-15-5-3-2-4-6-15/h2-10,13H,11-12H2,1H3,(H,22,25)(H2,21,23,26)/t13-/m1/s1. The Balaban J connectivity index is 1.67. The maximum absolute atomic E-state index is 12.0. The molecule has 0 unspecified atom stereocenters. The molecule has 0 radical (unpaired) electrons. The van der Waals surface area contributed by atoms with Gasteiger partial charge in [-0.1, -0.05) is 29.8 Å². The molecule has 0 aromatic heterocycles. The van der Waals surface area contributed by atoms with Crippen LogP contribution in [0.3, 0.4) is 0 Å². The van der Waals surface area contributed by atoms with Crippen molar-refractivity contribution in [2.75, 3.05) is 17.2 Å². The summed E-state index contributed by atoms with van der Waals surface area (Å²) in [4.78, 5) is 35.5. The van der Waals surface area contributed by atoms with E-state index in [4.69, 9.17) is 16.3 Å². The summed E-state index contributed by atoms with van der Waals surface area (Å²) in [7, 11) is 0. The minimum atomic E-state index is -0.966. The normalized spacial score (nSPS) is 11.2. The summed E-state index contributed by atoms with van der Waals surface area (Å²) in [5.41, 5.74) is 1.19. The first-order valence-corrected chi connectivity index (χ1v) is 8.67. The van der Waals surface area contributed by atoms with Crippen molar-refractivity contribution in [3.63, 3.8) is 0 Å². The van der Waals surface area contributed by atoms with E-state index in [1.54, 1.807) is 48.5 Å². The predicted octanol–water partition coefficient (Wildman–Crippen LogP) is 3.42. The molecule has 0 aliphatic carbocycles. The van der Waals surface area contributed by atoms with Crippen molar-refractivity contribution in [2.24, 2.45) is 0 Å². The molecule has 2 aromatic carbocycles. The van der Waals surface area contributed by atoms with E-state index >= 15 is 0 Å². The third-order valence-corrected chi connectivity index (χ3v) is 3.69. The van der Waals surface area contributed by atoms with E-state index in [0.29, 0.717) is 16.4 Å². The van der Waals surface area contributed by atoms with Gasteiger partial charge in [0, 0.05) is 22.9 Å². The van der Waals surface area contributed by atoms with E-state index in [1.807, 2.05) is 6.07 Å². The number of para-hydroxylation sites is 1. The first kappa shape index (κ1) is 20.3. The molecule has 0 spiro atoms. The van der Waals surface area contributed by atoms with Crippen molar-refractivity contribution in [3.8, 4) is 0 Å². The lowest BCUT2D eigenvalue weighted by atomic mass is 10.3. The van der Waals surface area contributed by atoms with Gasteiger partial charge >= 0.3 is 12.0 Å². The van der Waals surface area contributed by atoms with Crippen LogP contribution in [0, 0.1) is 0 Å². The van der Waals surface area contributed by atoms with Crippen molar-refractivity contribution in [2.45, 2.75) is 19.4 Å². The molecule has 0 saturated carbocycles. The minimum Gasteiger partial charge on any atom is -0.452 e. The highest BCUT2D eigenvalue weighted by atomic mass is 35.5. The van der Waals surface area contributed by atoms with Crippen molar-refractivity contribution in [1.29, 1.82) is 0 Å². The molecule has 0 bridgehead atoms. The zero-order chi connectivity index (χ0) is 19.6. The molecule has 1 atom stereocenters. The van der Waals surface area contributed by atoms with Gasteiger partial charge in [-0.3, -0.25) is 9.59 Å². The average molecular weight is 390 g/mol. The molecule has 7 nitrogen and oxygen atoms in total. The van der Waals surface area contributed by atoms with Gasteiger partial charge in [0.05, 0.1) is 6.42 Å². The van der Waals surface area contributed by atoms with E-state index in [2.05, 4.69) is 16.0 Å². The van der Waals surface area contributed by atoms with Crippen molar-refractivity contribution < 1.29 is 19.1 Å². The van der Waals surface area contributed by atoms with Gasteiger partial charge in [-0.15, -0.1) is 0 Å². The lowest BCUT2D eigenvalue weighted by Crippen LogP contribution is -2.33. The average Bonchev–Trinajstić information content (AvgIpc) is 2.64. The second-order valence-corrected chi connectivity index (χ2v) is 6.06. The Morgan fingerprint density at radius 2 is 1.59 bits per heavy atom. The molecule has 142 valence electrons. The number of ether oxygens (including phenoxy) is 1. The highest BCUT2D eigenvalue weighted by molar-refractivity contribution is 6.30. The summed E-state index contributed by atoms with van der Waals surface area (Å²) in [6.07, 6.45) is -1.02. The second kappa shape index (κ2) is 10.2. The van der Waals surface area contributed by atoms with Crippen LogP contribution in [0.1, 0.15) is 13.3 Å². The highest BCUT2D eigenvalue weighted by Gasteiger charge is 2.18. The van der Waals surface area contributed by atoms with Gasteiger partial charge in [0.1, 0.15) is 0 Å². The number of amides is 3. The van der Waals surface area contributed by atoms with Crippen LogP contribution in [0.15, 0.2) is 54.6 Å². The predicted molar refractivity (Wildman–Crippen MR) is 104 cm³/mol. The molecular formula is C19H20ClN3O4. The van der Waals surface area contributed by atoms with Crippen LogP contribution >= 0.6 is 11.6 Å². The van der Waals surface area contributed by atoms with Crippen molar-refractivity contribution in [3.05, 3.63) is 59.6 Å². The van der Waals surface area contributed by atoms with E-state index in [0.717, 1.165) is 0 Å². The summed E-state index contributed by atoms with van der Waals surface area (Å²) in [5.74, 6) is -1.05. The quantitative estimate of drug-likeness (QED) is 0.632. The lowest BCUT2D eigenvalue weighted by molar-refractivity contribution is -0.153. The lowest BCUT2D eigenvalue weighted by Gasteiger charge is -2.14. The van der Waals surface area contributed by atoms with Gasteiger partial charge in [-0.05, 0) is 43.3 Å². The molecule has 0 aliphatic rings. The SMILES string of the molecule is C[C@@H](OC(=O)CCNC(=O)Nc1ccccc1)C(=O)Nc1ccc(Cl)cc1. The summed E-state index contributed by atoms with van der Waals surface area (Å²) < 4.78 is 5.06. The highest BCUT2D eigenvalue weighted by Crippen LogP contribution is 2.14. The van der Waals surface area contributed by atoms with E-state index in [-0.39, 0.29) is 13.0 Å². The fraction of sp³-hybridized carbons (Fsp3) is 0.211. The molecule has 27 heavy (non-hydrogen) atoms. The molecule has 8 heteroatoms. The summed E-state index contributed by atoms with van der Waals surface area (Å²) in [6, 6.07) is 15.1. The number of hydrogen-bond donors (Lipinski definition) is 3.